The van der Waals surface area contributed by atoms with Gasteiger partial charge in [0.15, 0.2) is 0 Å². The molecule has 4 aromatic carbocycles. The van der Waals surface area contributed by atoms with Gasteiger partial charge in [-0.1, -0.05) is 30.3 Å². The molecule has 0 fully saturated rings. The number of ether oxygens (including phenoxy) is 4. The van der Waals surface area contributed by atoms with Gasteiger partial charge in [0.05, 0.1) is 46.1 Å². The number of nitrogens with zero attached hydrogens (tertiary/aromatic N) is 1. The highest BCUT2D eigenvalue weighted by molar-refractivity contribution is 6.12. The van der Waals surface area contributed by atoms with Crippen molar-refractivity contribution in [2.75, 3.05) is 38.7 Å². The van der Waals surface area contributed by atoms with Gasteiger partial charge in [0.25, 0.3) is 5.91 Å². The van der Waals surface area contributed by atoms with Crippen molar-refractivity contribution in [3.63, 3.8) is 0 Å². The Morgan fingerprint density at radius 1 is 0.725 bits per heavy atom. The largest absolute Gasteiger partial charge is 0.497 e. The summed E-state index contributed by atoms with van der Waals surface area (Å²) in [6.07, 6.45) is 0. The van der Waals surface area contributed by atoms with Gasteiger partial charge in [0, 0.05) is 17.3 Å². The number of carbonyl (C=O) groups excluding carboxylic acids is 2. The van der Waals surface area contributed by atoms with Crippen molar-refractivity contribution in [3.8, 4) is 23.0 Å². The normalized spacial score (nSPS) is 16.1. The van der Waals surface area contributed by atoms with Gasteiger partial charge in [0.2, 0.25) is 5.91 Å². The Hall–Kier alpha value is -4.98. The summed E-state index contributed by atoms with van der Waals surface area (Å²) in [4.78, 5) is 30.1. The average molecular weight is 539 g/mol. The summed E-state index contributed by atoms with van der Waals surface area (Å²) in [5, 5.41) is 3.05. The SMILES string of the molecule is COc1ccc([C@@H]2[C@@H](C(=O)Nc3cc(OC)ccc3OC)c3ccccc3C(=O)N2c2ccc(OC)cc2)cc1. The van der Waals surface area contributed by atoms with E-state index in [4.69, 9.17) is 18.9 Å². The van der Waals surface area contributed by atoms with Gasteiger partial charge < -0.3 is 24.3 Å². The number of rotatable bonds is 8. The predicted octanol–water partition coefficient (Wildman–Crippen LogP) is 5.85. The van der Waals surface area contributed by atoms with Crippen molar-refractivity contribution in [1.82, 2.24) is 0 Å². The Morgan fingerprint density at radius 3 is 1.95 bits per heavy atom. The first kappa shape index (κ1) is 26.6. The molecule has 8 heteroatoms. The van der Waals surface area contributed by atoms with Crippen LogP contribution in [0.3, 0.4) is 0 Å². The molecule has 1 aliphatic rings. The third-order valence-corrected chi connectivity index (χ3v) is 7.09. The molecular formula is C32H30N2O6. The molecule has 0 spiro atoms. The molecule has 0 aromatic heterocycles. The zero-order valence-electron chi connectivity index (χ0n) is 22.7. The summed E-state index contributed by atoms with van der Waals surface area (Å²) < 4.78 is 21.6. The summed E-state index contributed by atoms with van der Waals surface area (Å²) >= 11 is 0. The predicted molar refractivity (Wildman–Crippen MR) is 153 cm³/mol. The first-order chi connectivity index (χ1) is 19.5. The van der Waals surface area contributed by atoms with Crippen LogP contribution in [-0.4, -0.2) is 40.3 Å². The van der Waals surface area contributed by atoms with E-state index in [1.807, 2.05) is 48.5 Å². The van der Waals surface area contributed by atoms with E-state index >= 15 is 0 Å². The van der Waals surface area contributed by atoms with Crippen LogP contribution in [0.1, 0.15) is 33.4 Å². The molecule has 2 atom stereocenters. The standard InChI is InChI=1S/C32H30N2O6/c1-37-22-13-9-20(10-14-22)30-29(31(35)33-27-19-24(39-3)17-18-28(27)40-4)25-7-5-6-8-26(25)32(36)34(30)21-11-15-23(38-2)16-12-21/h5-19,29-30H,1-4H3,(H,33,35)/t29-,30+/m0/s1. The second-order valence-corrected chi connectivity index (χ2v) is 9.21. The van der Waals surface area contributed by atoms with Crippen LogP contribution in [0.15, 0.2) is 91.0 Å². The topological polar surface area (TPSA) is 86.3 Å². The quantitative estimate of drug-likeness (QED) is 0.303. The minimum atomic E-state index is -0.764. The molecule has 1 N–H and O–H groups in total. The molecule has 0 saturated carbocycles. The van der Waals surface area contributed by atoms with Crippen LogP contribution in [0.5, 0.6) is 23.0 Å². The first-order valence-electron chi connectivity index (χ1n) is 12.7. The van der Waals surface area contributed by atoms with Crippen LogP contribution >= 0.6 is 0 Å². The van der Waals surface area contributed by atoms with Crippen LogP contribution in [0.2, 0.25) is 0 Å². The highest BCUT2D eigenvalue weighted by Crippen LogP contribution is 2.46. The number of anilines is 2. The fourth-order valence-corrected chi connectivity index (χ4v) is 5.11. The smallest absolute Gasteiger partial charge is 0.259 e. The molecule has 4 aromatic rings. The number of fused-ring (bicyclic) bond motifs is 1. The van der Waals surface area contributed by atoms with E-state index in [9.17, 15) is 9.59 Å². The minimum absolute atomic E-state index is 0.204. The fourth-order valence-electron chi connectivity index (χ4n) is 5.11. The number of benzene rings is 4. The van der Waals surface area contributed by atoms with E-state index in [2.05, 4.69) is 5.32 Å². The molecule has 2 amide bonds. The van der Waals surface area contributed by atoms with Crippen LogP contribution in [0, 0.1) is 0 Å². The summed E-state index contributed by atoms with van der Waals surface area (Å²) in [5.74, 6) is 1.12. The maximum Gasteiger partial charge on any atom is 0.259 e. The lowest BCUT2D eigenvalue weighted by Gasteiger charge is -2.42. The molecule has 8 nitrogen and oxygen atoms in total. The van der Waals surface area contributed by atoms with E-state index in [0.29, 0.717) is 45.5 Å². The Kier molecular flexibility index (Phi) is 7.59. The van der Waals surface area contributed by atoms with Crippen LogP contribution < -0.4 is 29.2 Å². The summed E-state index contributed by atoms with van der Waals surface area (Å²) in [5.41, 5.74) is 2.97. The third-order valence-electron chi connectivity index (χ3n) is 7.09. The first-order valence-corrected chi connectivity index (χ1v) is 12.7. The lowest BCUT2D eigenvalue weighted by Crippen LogP contribution is -2.46. The molecule has 0 aliphatic carbocycles. The molecule has 1 heterocycles. The van der Waals surface area contributed by atoms with Gasteiger partial charge in [-0.05, 0) is 65.7 Å². The van der Waals surface area contributed by atoms with Crippen LogP contribution in [0.4, 0.5) is 11.4 Å². The monoisotopic (exact) mass is 538 g/mol. The second-order valence-electron chi connectivity index (χ2n) is 9.21. The molecule has 0 unspecified atom stereocenters. The molecule has 0 radical (unpaired) electrons. The molecule has 0 bridgehead atoms. The Bertz CT molecular complexity index is 1520. The van der Waals surface area contributed by atoms with E-state index in [1.165, 1.54) is 7.11 Å². The minimum Gasteiger partial charge on any atom is -0.497 e. The molecular weight excluding hydrogens is 508 g/mol. The van der Waals surface area contributed by atoms with Gasteiger partial charge in [0.1, 0.15) is 23.0 Å². The lowest BCUT2D eigenvalue weighted by molar-refractivity contribution is -0.118. The van der Waals surface area contributed by atoms with E-state index in [-0.39, 0.29) is 11.8 Å². The molecule has 5 rings (SSSR count). The summed E-state index contributed by atoms with van der Waals surface area (Å²) in [7, 11) is 6.28. The van der Waals surface area contributed by atoms with Gasteiger partial charge in [-0.3, -0.25) is 14.5 Å². The van der Waals surface area contributed by atoms with Crippen LogP contribution in [0.25, 0.3) is 0 Å². The molecule has 40 heavy (non-hydrogen) atoms. The lowest BCUT2D eigenvalue weighted by atomic mass is 9.78. The van der Waals surface area contributed by atoms with Crippen molar-refractivity contribution in [3.05, 3.63) is 108 Å². The Morgan fingerprint density at radius 2 is 1.32 bits per heavy atom. The van der Waals surface area contributed by atoms with E-state index < -0.39 is 12.0 Å². The number of hydrogen-bond donors (Lipinski definition) is 1. The van der Waals surface area contributed by atoms with Gasteiger partial charge in [-0.25, -0.2) is 0 Å². The third kappa shape index (κ3) is 4.91. The maximum atomic E-state index is 14.3. The number of amides is 2. The van der Waals surface area contributed by atoms with E-state index in [1.54, 1.807) is 68.7 Å². The Balaban J connectivity index is 1.68. The summed E-state index contributed by atoms with van der Waals surface area (Å²) in [6.45, 7) is 0. The summed E-state index contributed by atoms with van der Waals surface area (Å²) in [6, 6.07) is 26.4. The number of carbonyl (C=O) groups is 2. The van der Waals surface area contributed by atoms with Crippen molar-refractivity contribution in [2.24, 2.45) is 0 Å². The highest BCUT2D eigenvalue weighted by atomic mass is 16.5. The molecule has 204 valence electrons. The van der Waals surface area contributed by atoms with E-state index in [0.717, 1.165) is 5.56 Å². The van der Waals surface area contributed by atoms with Gasteiger partial charge in [-0.2, -0.15) is 0 Å². The second kappa shape index (κ2) is 11.4. The van der Waals surface area contributed by atoms with Crippen molar-refractivity contribution < 1.29 is 28.5 Å². The zero-order chi connectivity index (χ0) is 28.2. The van der Waals surface area contributed by atoms with Crippen LogP contribution in [-0.2, 0) is 4.79 Å². The van der Waals surface area contributed by atoms with Crippen molar-refractivity contribution >= 4 is 23.2 Å². The molecule has 1 aliphatic heterocycles. The van der Waals surface area contributed by atoms with Gasteiger partial charge in [-0.15, -0.1) is 0 Å². The maximum absolute atomic E-state index is 14.3. The number of hydrogen-bond acceptors (Lipinski definition) is 6. The fraction of sp³-hybridized carbons (Fsp3) is 0.188. The zero-order valence-corrected chi connectivity index (χ0v) is 22.7. The number of methoxy groups -OCH3 is 4. The van der Waals surface area contributed by atoms with Crippen molar-refractivity contribution in [1.29, 1.82) is 0 Å². The van der Waals surface area contributed by atoms with Crippen molar-refractivity contribution in [2.45, 2.75) is 12.0 Å². The van der Waals surface area contributed by atoms with Gasteiger partial charge >= 0.3 is 0 Å². The number of nitrogens with one attached hydrogen (secondary N) is 1. The highest BCUT2D eigenvalue weighted by Gasteiger charge is 2.45. The average Bonchev–Trinajstić information content (AvgIpc) is 3.01. The molecule has 0 saturated heterocycles. The Labute approximate surface area is 233 Å².